The first-order valence-electron chi connectivity index (χ1n) is 7.79. The van der Waals surface area contributed by atoms with Gasteiger partial charge in [0.2, 0.25) is 0 Å². The molecule has 0 aromatic carbocycles. The van der Waals surface area contributed by atoms with E-state index in [9.17, 15) is 5.11 Å². The SMILES string of the molecule is CCOCCN(C)CC1CC(C(C)(C)C)CCC1O. The van der Waals surface area contributed by atoms with Crippen LogP contribution in [0, 0.1) is 17.3 Å². The predicted molar refractivity (Wildman–Crippen MR) is 80.3 cm³/mol. The zero-order valence-electron chi connectivity index (χ0n) is 13.5. The van der Waals surface area contributed by atoms with Gasteiger partial charge < -0.3 is 14.7 Å². The predicted octanol–water partition coefficient (Wildman–Crippen LogP) is 2.78. The second-order valence-electron chi connectivity index (χ2n) is 7.16. The summed E-state index contributed by atoms with van der Waals surface area (Å²) in [4.78, 5) is 2.30. The molecular formula is C16H33NO2. The monoisotopic (exact) mass is 271 g/mol. The van der Waals surface area contributed by atoms with Gasteiger partial charge in [0, 0.05) is 19.7 Å². The third kappa shape index (κ3) is 5.80. The Bertz CT molecular complexity index is 250. The number of nitrogens with zero attached hydrogens (tertiary/aromatic N) is 1. The summed E-state index contributed by atoms with van der Waals surface area (Å²) in [6, 6.07) is 0. The number of rotatable bonds is 6. The van der Waals surface area contributed by atoms with E-state index in [1.807, 2.05) is 6.92 Å². The van der Waals surface area contributed by atoms with E-state index in [0.717, 1.165) is 45.1 Å². The van der Waals surface area contributed by atoms with E-state index < -0.39 is 0 Å². The minimum absolute atomic E-state index is 0.117. The smallest absolute Gasteiger partial charge is 0.0593 e. The van der Waals surface area contributed by atoms with Crippen LogP contribution in [0.1, 0.15) is 47.0 Å². The first-order valence-corrected chi connectivity index (χ1v) is 7.79. The Morgan fingerprint density at radius 1 is 1.26 bits per heavy atom. The minimum atomic E-state index is -0.117. The molecule has 0 radical (unpaired) electrons. The van der Waals surface area contributed by atoms with Crippen molar-refractivity contribution < 1.29 is 9.84 Å². The molecule has 3 unspecified atom stereocenters. The lowest BCUT2D eigenvalue weighted by atomic mass is 9.68. The molecule has 3 atom stereocenters. The van der Waals surface area contributed by atoms with Crippen molar-refractivity contribution in [1.29, 1.82) is 0 Å². The van der Waals surface area contributed by atoms with Crippen molar-refractivity contribution in [3.63, 3.8) is 0 Å². The highest BCUT2D eigenvalue weighted by molar-refractivity contribution is 4.86. The fourth-order valence-corrected chi connectivity index (χ4v) is 3.09. The number of aliphatic hydroxyl groups excluding tert-OH is 1. The first kappa shape index (κ1) is 16.9. The van der Waals surface area contributed by atoms with Crippen molar-refractivity contribution in [3.8, 4) is 0 Å². The lowest BCUT2D eigenvalue weighted by molar-refractivity contribution is 0.00315. The zero-order chi connectivity index (χ0) is 14.5. The fourth-order valence-electron chi connectivity index (χ4n) is 3.09. The standard InChI is InChI=1S/C16H33NO2/c1-6-19-10-9-17(5)12-13-11-14(16(2,3)4)7-8-15(13)18/h13-15,18H,6-12H2,1-5H3. The van der Waals surface area contributed by atoms with Crippen LogP contribution in [0.4, 0.5) is 0 Å². The maximum Gasteiger partial charge on any atom is 0.0593 e. The molecule has 0 heterocycles. The normalized spacial score (nSPS) is 28.9. The van der Waals surface area contributed by atoms with Crippen molar-refractivity contribution >= 4 is 0 Å². The Kier molecular flexibility index (Phi) is 6.78. The van der Waals surface area contributed by atoms with Gasteiger partial charge in [-0.15, -0.1) is 0 Å². The molecule has 3 nitrogen and oxygen atoms in total. The van der Waals surface area contributed by atoms with Crippen LogP contribution >= 0.6 is 0 Å². The summed E-state index contributed by atoms with van der Waals surface area (Å²) in [7, 11) is 2.13. The Morgan fingerprint density at radius 2 is 1.95 bits per heavy atom. The molecule has 0 amide bonds. The molecule has 0 bridgehead atoms. The Morgan fingerprint density at radius 3 is 2.53 bits per heavy atom. The van der Waals surface area contributed by atoms with Crippen LogP contribution in [-0.4, -0.2) is 49.5 Å². The molecule has 1 saturated carbocycles. The van der Waals surface area contributed by atoms with Crippen molar-refractivity contribution in [3.05, 3.63) is 0 Å². The van der Waals surface area contributed by atoms with Gasteiger partial charge in [-0.05, 0) is 50.5 Å². The first-order chi connectivity index (χ1) is 8.84. The third-order valence-corrected chi connectivity index (χ3v) is 4.53. The van der Waals surface area contributed by atoms with E-state index in [-0.39, 0.29) is 6.10 Å². The highest BCUT2D eigenvalue weighted by Crippen LogP contribution is 2.40. The largest absolute Gasteiger partial charge is 0.393 e. The maximum atomic E-state index is 10.2. The highest BCUT2D eigenvalue weighted by atomic mass is 16.5. The average molecular weight is 271 g/mol. The maximum absolute atomic E-state index is 10.2. The molecule has 1 rings (SSSR count). The van der Waals surface area contributed by atoms with Crippen LogP contribution in [0.2, 0.25) is 0 Å². The molecule has 19 heavy (non-hydrogen) atoms. The van der Waals surface area contributed by atoms with Crippen LogP contribution in [0.25, 0.3) is 0 Å². The average Bonchev–Trinajstić information content (AvgIpc) is 2.31. The molecule has 1 N–H and O–H groups in total. The molecule has 0 aromatic heterocycles. The van der Waals surface area contributed by atoms with Crippen molar-refractivity contribution in [2.45, 2.75) is 53.1 Å². The number of hydrogen-bond donors (Lipinski definition) is 1. The molecule has 1 aliphatic carbocycles. The molecule has 0 aliphatic heterocycles. The number of aliphatic hydroxyl groups is 1. The second kappa shape index (κ2) is 7.61. The van der Waals surface area contributed by atoms with Crippen LogP contribution < -0.4 is 0 Å². The summed E-state index contributed by atoms with van der Waals surface area (Å²) in [6.07, 6.45) is 3.17. The Labute approximate surface area is 119 Å². The van der Waals surface area contributed by atoms with E-state index >= 15 is 0 Å². The second-order valence-corrected chi connectivity index (χ2v) is 7.16. The Hall–Kier alpha value is -0.120. The summed E-state index contributed by atoms with van der Waals surface area (Å²) in [6.45, 7) is 12.5. The number of hydrogen-bond acceptors (Lipinski definition) is 3. The third-order valence-electron chi connectivity index (χ3n) is 4.53. The fraction of sp³-hybridized carbons (Fsp3) is 1.00. The summed E-state index contributed by atoms with van der Waals surface area (Å²) in [5, 5.41) is 10.2. The topological polar surface area (TPSA) is 32.7 Å². The van der Waals surface area contributed by atoms with Crippen molar-refractivity contribution in [1.82, 2.24) is 4.90 Å². The van der Waals surface area contributed by atoms with Gasteiger partial charge in [0.25, 0.3) is 0 Å². The summed E-state index contributed by atoms with van der Waals surface area (Å²) in [5.41, 5.74) is 0.363. The van der Waals surface area contributed by atoms with E-state index in [2.05, 4.69) is 32.7 Å². The van der Waals surface area contributed by atoms with Crippen LogP contribution in [0.5, 0.6) is 0 Å². The van der Waals surface area contributed by atoms with Crippen LogP contribution in [0.15, 0.2) is 0 Å². The Balaban J connectivity index is 2.41. The van der Waals surface area contributed by atoms with Gasteiger partial charge >= 0.3 is 0 Å². The number of ether oxygens (including phenoxy) is 1. The summed E-state index contributed by atoms with van der Waals surface area (Å²) in [5.74, 6) is 1.16. The minimum Gasteiger partial charge on any atom is -0.393 e. The van der Waals surface area contributed by atoms with Gasteiger partial charge in [-0.2, -0.15) is 0 Å². The highest BCUT2D eigenvalue weighted by Gasteiger charge is 2.35. The molecule has 3 heteroatoms. The summed E-state index contributed by atoms with van der Waals surface area (Å²) < 4.78 is 5.39. The molecule has 0 saturated heterocycles. The number of likely N-dealkylation sites (N-methyl/N-ethyl adjacent to an activating group) is 1. The van der Waals surface area contributed by atoms with Gasteiger partial charge in [-0.25, -0.2) is 0 Å². The van der Waals surface area contributed by atoms with Gasteiger partial charge in [0.1, 0.15) is 0 Å². The van der Waals surface area contributed by atoms with E-state index in [1.165, 1.54) is 6.42 Å². The molecular weight excluding hydrogens is 238 g/mol. The lowest BCUT2D eigenvalue weighted by Gasteiger charge is -2.41. The van der Waals surface area contributed by atoms with Gasteiger partial charge in [-0.3, -0.25) is 0 Å². The van der Waals surface area contributed by atoms with Gasteiger partial charge in [0.15, 0.2) is 0 Å². The van der Waals surface area contributed by atoms with Gasteiger partial charge in [-0.1, -0.05) is 20.8 Å². The van der Waals surface area contributed by atoms with E-state index in [4.69, 9.17) is 4.74 Å². The zero-order valence-corrected chi connectivity index (χ0v) is 13.5. The van der Waals surface area contributed by atoms with E-state index in [1.54, 1.807) is 0 Å². The van der Waals surface area contributed by atoms with Crippen LogP contribution in [0.3, 0.4) is 0 Å². The molecule has 1 aliphatic rings. The molecule has 0 spiro atoms. The van der Waals surface area contributed by atoms with Crippen molar-refractivity contribution in [2.24, 2.45) is 17.3 Å². The molecule has 114 valence electrons. The summed E-state index contributed by atoms with van der Waals surface area (Å²) >= 11 is 0. The van der Waals surface area contributed by atoms with Gasteiger partial charge in [0.05, 0.1) is 12.7 Å². The van der Waals surface area contributed by atoms with E-state index in [0.29, 0.717) is 11.3 Å². The van der Waals surface area contributed by atoms with Crippen molar-refractivity contribution in [2.75, 3.05) is 33.4 Å². The molecule has 0 aromatic rings. The molecule has 1 fully saturated rings. The quantitative estimate of drug-likeness (QED) is 0.754. The lowest BCUT2D eigenvalue weighted by Crippen LogP contribution is -2.41. The van der Waals surface area contributed by atoms with Crippen LogP contribution in [-0.2, 0) is 4.74 Å².